The van der Waals surface area contributed by atoms with E-state index in [9.17, 15) is 0 Å². The molecule has 0 aliphatic carbocycles. The van der Waals surface area contributed by atoms with Gasteiger partial charge in [-0.2, -0.15) is 0 Å². The largest absolute Gasteiger partial charge is 0.471 e. The van der Waals surface area contributed by atoms with Crippen LogP contribution in [0.15, 0.2) is 66.9 Å². The summed E-state index contributed by atoms with van der Waals surface area (Å²) in [4.78, 5) is 0. The van der Waals surface area contributed by atoms with Gasteiger partial charge in [-0.1, -0.05) is 67.6 Å². The topological polar surface area (TPSA) is 50.9 Å². The van der Waals surface area contributed by atoms with Crippen molar-refractivity contribution >= 4 is 5.71 Å². The van der Waals surface area contributed by atoms with E-state index in [4.69, 9.17) is 15.2 Å². The van der Waals surface area contributed by atoms with E-state index in [1.807, 2.05) is 48.0 Å². The number of nitrogens with one attached hydrogen (secondary N) is 1. The van der Waals surface area contributed by atoms with Crippen molar-refractivity contribution in [2.45, 2.75) is 39.8 Å². The highest BCUT2D eigenvalue weighted by Gasteiger charge is 2.14. The average molecular weight is 361 g/mol. The van der Waals surface area contributed by atoms with Crippen molar-refractivity contribution in [3.05, 3.63) is 72.4 Å². The highest BCUT2D eigenvalue weighted by molar-refractivity contribution is 5.81. The van der Waals surface area contributed by atoms with Crippen molar-refractivity contribution in [1.82, 2.24) is 9.78 Å². The van der Waals surface area contributed by atoms with Crippen LogP contribution >= 0.6 is 0 Å². The minimum atomic E-state index is 0.308. The molecule has 0 fully saturated rings. The third kappa shape index (κ3) is 5.07. The summed E-state index contributed by atoms with van der Waals surface area (Å²) in [6.45, 7) is 5.30. The van der Waals surface area contributed by atoms with Gasteiger partial charge in [-0.25, -0.2) is 0 Å². The van der Waals surface area contributed by atoms with Gasteiger partial charge in [0, 0.05) is 18.5 Å². The van der Waals surface area contributed by atoms with Gasteiger partial charge in [0.1, 0.15) is 6.61 Å². The lowest BCUT2D eigenvalue weighted by Crippen LogP contribution is -2.12. The van der Waals surface area contributed by atoms with Crippen LogP contribution in [-0.2, 0) is 13.2 Å². The van der Waals surface area contributed by atoms with E-state index in [-0.39, 0.29) is 0 Å². The number of benzene rings is 2. The first-order valence-corrected chi connectivity index (χ1v) is 9.52. The number of aromatic nitrogens is 2. The van der Waals surface area contributed by atoms with E-state index in [1.165, 1.54) is 0 Å². The Kier molecular flexibility index (Phi) is 6.42. The van der Waals surface area contributed by atoms with E-state index in [0.717, 1.165) is 41.8 Å². The lowest BCUT2D eigenvalue weighted by atomic mass is 9.98. The van der Waals surface area contributed by atoms with E-state index in [2.05, 4.69) is 37.4 Å². The maximum absolute atomic E-state index is 7.91. The second-order valence-electron chi connectivity index (χ2n) is 6.83. The van der Waals surface area contributed by atoms with Crippen LogP contribution in [0.2, 0.25) is 0 Å². The maximum atomic E-state index is 7.91. The molecule has 0 saturated carbocycles. The first kappa shape index (κ1) is 18.9. The third-order valence-electron chi connectivity index (χ3n) is 4.84. The highest BCUT2D eigenvalue weighted by atomic mass is 16.5. The molecule has 0 aliphatic rings. The predicted molar refractivity (Wildman–Crippen MR) is 110 cm³/mol. The molecule has 0 radical (unpaired) electrons. The first-order chi connectivity index (χ1) is 13.2. The SMILES string of the molecule is CCC(CCn1cc(-c2ccccc2)c(OCc2ccccc2)n1)C(C)=N. The highest BCUT2D eigenvalue weighted by Crippen LogP contribution is 2.29. The van der Waals surface area contributed by atoms with Gasteiger partial charge in [0.25, 0.3) is 0 Å². The Morgan fingerprint density at radius 3 is 2.37 bits per heavy atom. The summed E-state index contributed by atoms with van der Waals surface area (Å²) in [5, 5.41) is 12.6. The molecule has 3 aromatic rings. The molecule has 1 unspecified atom stereocenters. The van der Waals surface area contributed by atoms with E-state index < -0.39 is 0 Å². The normalized spacial score (nSPS) is 11.9. The quantitative estimate of drug-likeness (QED) is 0.505. The van der Waals surface area contributed by atoms with Crippen LogP contribution < -0.4 is 4.74 Å². The molecule has 0 bridgehead atoms. The summed E-state index contributed by atoms with van der Waals surface area (Å²) >= 11 is 0. The Hall–Kier alpha value is -2.88. The minimum absolute atomic E-state index is 0.308. The van der Waals surface area contributed by atoms with Crippen LogP contribution in [0.4, 0.5) is 0 Å². The molecule has 1 N–H and O–H groups in total. The summed E-state index contributed by atoms with van der Waals surface area (Å²) in [7, 11) is 0. The molecule has 0 amide bonds. The van der Waals surface area contributed by atoms with Crippen LogP contribution in [-0.4, -0.2) is 15.5 Å². The molecular weight excluding hydrogens is 334 g/mol. The molecule has 1 atom stereocenters. The first-order valence-electron chi connectivity index (χ1n) is 9.52. The van der Waals surface area contributed by atoms with Crippen LogP contribution in [0.3, 0.4) is 0 Å². The fraction of sp³-hybridized carbons (Fsp3) is 0.304. The molecule has 1 aromatic heterocycles. The summed E-state index contributed by atoms with van der Waals surface area (Å²) in [5.41, 5.74) is 3.97. The van der Waals surface area contributed by atoms with Crippen molar-refractivity contribution < 1.29 is 4.74 Å². The molecule has 0 saturated heterocycles. The maximum Gasteiger partial charge on any atom is 0.241 e. The lowest BCUT2D eigenvalue weighted by molar-refractivity contribution is 0.290. The fourth-order valence-corrected chi connectivity index (χ4v) is 3.18. The standard InChI is InChI=1S/C23H27N3O/c1-3-20(18(2)24)14-15-26-16-22(21-12-8-5-9-13-21)23(25-26)27-17-19-10-6-4-7-11-19/h4-13,16,20,24H,3,14-15,17H2,1-2H3. The molecule has 0 spiro atoms. The number of nitrogens with zero attached hydrogens (tertiary/aromatic N) is 2. The summed E-state index contributed by atoms with van der Waals surface area (Å²) < 4.78 is 8.02. The zero-order chi connectivity index (χ0) is 19.1. The number of aryl methyl sites for hydroxylation is 1. The Morgan fingerprint density at radius 2 is 1.74 bits per heavy atom. The van der Waals surface area contributed by atoms with Gasteiger partial charge in [0.15, 0.2) is 0 Å². The molecule has 0 aliphatic heterocycles. The number of rotatable bonds is 9. The second kappa shape index (κ2) is 9.17. The van der Waals surface area contributed by atoms with Crippen molar-refractivity contribution in [2.24, 2.45) is 5.92 Å². The van der Waals surface area contributed by atoms with Crippen LogP contribution in [0, 0.1) is 11.3 Å². The molecule has 4 nitrogen and oxygen atoms in total. The molecule has 2 aromatic carbocycles. The Labute approximate surface area is 161 Å². The van der Waals surface area contributed by atoms with Gasteiger partial charge >= 0.3 is 0 Å². The zero-order valence-electron chi connectivity index (χ0n) is 16.1. The summed E-state index contributed by atoms with van der Waals surface area (Å²) in [5.74, 6) is 0.965. The zero-order valence-corrected chi connectivity index (χ0v) is 16.1. The van der Waals surface area contributed by atoms with E-state index in [0.29, 0.717) is 18.4 Å². The molecule has 4 heteroatoms. The third-order valence-corrected chi connectivity index (χ3v) is 4.84. The molecular formula is C23H27N3O. The number of hydrogen-bond acceptors (Lipinski definition) is 3. The van der Waals surface area contributed by atoms with Crippen LogP contribution in [0.25, 0.3) is 11.1 Å². The molecule has 1 heterocycles. The average Bonchev–Trinajstić information content (AvgIpc) is 3.11. The van der Waals surface area contributed by atoms with Crippen LogP contribution in [0.5, 0.6) is 5.88 Å². The Morgan fingerprint density at radius 1 is 1.07 bits per heavy atom. The fourth-order valence-electron chi connectivity index (χ4n) is 3.18. The van der Waals surface area contributed by atoms with Crippen molar-refractivity contribution in [3.8, 4) is 17.0 Å². The van der Waals surface area contributed by atoms with Gasteiger partial charge in [0.2, 0.25) is 5.88 Å². The lowest BCUT2D eigenvalue weighted by Gasteiger charge is -2.12. The number of ether oxygens (including phenoxy) is 1. The summed E-state index contributed by atoms with van der Waals surface area (Å²) in [6, 6.07) is 20.4. The Balaban J connectivity index is 1.79. The smallest absolute Gasteiger partial charge is 0.241 e. The van der Waals surface area contributed by atoms with E-state index in [1.54, 1.807) is 0 Å². The van der Waals surface area contributed by atoms with Gasteiger partial charge in [0.05, 0.1) is 5.56 Å². The molecule has 27 heavy (non-hydrogen) atoms. The minimum Gasteiger partial charge on any atom is -0.471 e. The van der Waals surface area contributed by atoms with Gasteiger partial charge < -0.3 is 10.1 Å². The van der Waals surface area contributed by atoms with Crippen molar-refractivity contribution in [2.75, 3.05) is 0 Å². The Bertz CT molecular complexity index is 856. The van der Waals surface area contributed by atoms with E-state index >= 15 is 0 Å². The van der Waals surface area contributed by atoms with Crippen LogP contribution in [0.1, 0.15) is 32.3 Å². The number of hydrogen-bond donors (Lipinski definition) is 1. The van der Waals surface area contributed by atoms with Gasteiger partial charge in [-0.05, 0) is 36.8 Å². The predicted octanol–water partition coefficient (Wildman–Crippen LogP) is 5.59. The van der Waals surface area contributed by atoms with Crippen molar-refractivity contribution in [3.63, 3.8) is 0 Å². The van der Waals surface area contributed by atoms with Gasteiger partial charge in [-0.15, -0.1) is 5.10 Å². The van der Waals surface area contributed by atoms with Gasteiger partial charge in [-0.3, -0.25) is 4.68 Å². The monoisotopic (exact) mass is 361 g/mol. The molecule has 140 valence electrons. The van der Waals surface area contributed by atoms with Crippen molar-refractivity contribution in [1.29, 1.82) is 5.41 Å². The summed E-state index contributed by atoms with van der Waals surface area (Å²) in [6.07, 6.45) is 3.96. The second-order valence-corrected chi connectivity index (χ2v) is 6.83. The molecule has 3 rings (SSSR count).